The number of hydrogen-bond donors (Lipinski definition) is 1. The zero-order valence-electron chi connectivity index (χ0n) is 14.3. The van der Waals surface area contributed by atoms with E-state index in [4.69, 9.17) is 9.47 Å². The summed E-state index contributed by atoms with van der Waals surface area (Å²) in [5.74, 6) is -0.656. The first-order chi connectivity index (χ1) is 12.6. The summed E-state index contributed by atoms with van der Waals surface area (Å²) in [5, 5.41) is 2.81. The summed E-state index contributed by atoms with van der Waals surface area (Å²) in [5.41, 5.74) is 0.590. The lowest BCUT2D eigenvalue weighted by Crippen LogP contribution is -2.55. The van der Waals surface area contributed by atoms with E-state index in [-0.39, 0.29) is 30.1 Å². The van der Waals surface area contributed by atoms with E-state index in [1.54, 1.807) is 30.3 Å². The van der Waals surface area contributed by atoms with Crippen LogP contribution < -0.4 is 14.8 Å². The van der Waals surface area contributed by atoms with Gasteiger partial charge >= 0.3 is 0 Å². The molecule has 26 heavy (non-hydrogen) atoms. The molecule has 2 amide bonds. The Balaban J connectivity index is 1.46. The highest BCUT2D eigenvalue weighted by Gasteiger charge is 2.36. The van der Waals surface area contributed by atoms with Crippen LogP contribution in [0.1, 0.15) is 0 Å². The Morgan fingerprint density at radius 1 is 1.12 bits per heavy atom. The number of hydrogen-bond acceptors (Lipinski definition) is 4. The molecule has 1 heterocycles. The van der Waals surface area contributed by atoms with Gasteiger partial charge < -0.3 is 19.7 Å². The molecule has 1 N–H and O–H groups in total. The number of nitrogens with zero attached hydrogens (tertiary/aromatic N) is 1. The summed E-state index contributed by atoms with van der Waals surface area (Å²) in [4.78, 5) is 25.8. The van der Waals surface area contributed by atoms with E-state index >= 15 is 0 Å². The van der Waals surface area contributed by atoms with Gasteiger partial charge in [0.1, 0.15) is 5.75 Å². The first-order valence-electron chi connectivity index (χ1n) is 8.17. The standard InChI is InChI=1S/C19H19FN2O4/c1-25-17-9-5-3-7-15(17)21-19(24)13-10-22(11-13)18(23)12-26-16-8-4-2-6-14(16)20/h2-9,13H,10-12H2,1H3,(H,21,24). The summed E-state index contributed by atoms with van der Waals surface area (Å²) < 4.78 is 23.8. The molecule has 2 aromatic rings. The summed E-state index contributed by atoms with van der Waals surface area (Å²) in [6.07, 6.45) is 0. The fourth-order valence-electron chi connectivity index (χ4n) is 2.62. The van der Waals surface area contributed by atoms with E-state index < -0.39 is 5.82 Å². The molecule has 0 unspecified atom stereocenters. The number of amides is 2. The van der Waals surface area contributed by atoms with Crippen LogP contribution in [-0.2, 0) is 9.59 Å². The van der Waals surface area contributed by atoms with Crippen molar-refractivity contribution in [2.24, 2.45) is 5.92 Å². The number of likely N-dealkylation sites (tertiary alicyclic amines) is 1. The molecule has 0 bridgehead atoms. The summed E-state index contributed by atoms with van der Waals surface area (Å²) in [6, 6.07) is 13.0. The Bertz CT molecular complexity index is 806. The Morgan fingerprint density at radius 2 is 1.77 bits per heavy atom. The Hall–Kier alpha value is -3.09. The molecule has 0 aliphatic carbocycles. The largest absolute Gasteiger partial charge is 0.495 e. The van der Waals surface area contributed by atoms with Crippen LogP contribution in [-0.4, -0.2) is 43.5 Å². The highest BCUT2D eigenvalue weighted by Crippen LogP contribution is 2.25. The van der Waals surface area contributed by atoms with Crippen molar-refractivity contribution in [1.29, 1.82) is 0 Å². The summed E-state index contributed by atoms with van der Waals surface area (Å²) >= 11 is 0. The van der Waals surface area contributed by atoms with Gasteiger partial charge in [-0.15, -0.1) is 0 Å². The number of anilines is 1. The SMILES string of the molecule is COc1ccccc1NC(=O)C1CN(C(=O)COc2ccccc2F)C1. The number of para-hydroxylation sites is 3. The number of halogens is 1. The normalized spacial score (nSPS) is 13.7. The van der Waals surface area contributed by atoms with E-state index in [1.807, 2.05) is 6.07 Å². The second kappa shape index (κ2) is 7.86. The lowest BCUT2D eigenvalue weighted by Gasteiger charge is -2.38. The predicted molar refractivity (Wildman–Crippen MR) is 93.6 cm³/mol. The fourth-order valence-corrected chi connectivity index (χ4v) is 2.62. The minimum atomic E-state index is -0.516. The van der Waals surface area contributed by atoms with Gasteiger partial charge in [-0.2, -0.15) is 0 Å². The number of carbonyl (C=O) groups excluding carboxylic acids is 2. The van der Waals surface area contributed by atoms with Gasteiger partial charge in [0.25, 0.3) is 5.91 Å². The van der Waals surface area contributed by atoms with E-state index in [0.29, 0.717) is 24.5 Å². The molecule has 2 aromatic carbocycles. The van der Waals surface area contributed by atoms with E-state index in [2.05, 4.69) is 5.32 Å². The molecule has 0 spiro atoms. The van der Waals surface area contributed by atoms with Crippen molar-refractivity contribution in [2.45, 2.75) is 0 Å². The molecule has 7 heteroatoms. The van der Waals surface area contributed by atoms with Crippen LogP contribution in [0.25, 0.3) is 0 Å². The molecule has 1 saturated heterocycles. The minimum absolute atomic E-state index is 0.0341. The minimum Gasteiger partial charge on any atom is -0.495 e. The average Bonchev–Trinajstić information content (AvgIpc) is 2.60. The van der Waals surface area contributed by atoms with Crippen molar-refractivity contribution < 1.29 is 23.5 Å². The first-order valence-corrected chi connectivity index (χ1v) is 8.17. The van der Waals surface area contributed by atoms with E-state index in [1.165, 1.54) is 24.1 Å². The van der Waals surface area contributed by atoms with Gasteiger partial charge in [0.2, 0.25) is 5.91 Å². The van der Waals surface area contributed by atoms with Crippen LogP contribution in [0.5, 0.6) is 11.5 Å². The van der Waals surface area contributed by atoms with Crippen molar-refractivity contribution in [2.75, 3.05) is 32.1 Å². The van der Waals surface area contributed by atoms with Crippen molar-refractivity contribution in [3.8, 4) is 11.5 Å². The molecule has 0 atom stereocenters. The van der Waals surface area contributed by atoms with E-state index in [0.717, 1.165) is 0 Å². The van der Waals surface area contributed by atoms with Gasteiger partial charge in [-0.3, -0.25) is 9.59 Å². The number of carbonyl (C=O) groups is 2. The Labute approximate surface area is 150 Å². The molecule has 1 aliphatic heterocycles. The lowest BCUT2D eigenvalue weighted by molar-refractivity contribution is -0.143. The van der Waals surface area contributed by atoms with Crippen molar-refractivity contribution >= 4 is 17.5 Å². The lowest BCUT2D eigenvalue weighted by atomic mass is 9.99. The maximum Gasteiger partial charge on any atom is 0.260 e. The zero-order valence-corrected chi connectivity index (χ0v) is 14.3. The Morgan fingerprint density at radius 3 is 2.46 bits per heavy atom. The third kappa shape index (κ3) is 3.93. The molecule has 3 rings (SSSR count). The van der Waals surface area contributed by atoms with Crippen LogP contribution in [0.4, 0.5) is 10.1 Å². The summed E-state index contributed by atoms with van der Waals surface area (Å²) in [6.45, 7) is 0.350. The van der Waals surface area contributed by atoms with Crippen LogP contribution in [0.3, 0.4) is 0 Å². The third-order valence-electron chi connectivity index (χ3n) is 4.16. The molecule has 0 radical (unpaired) electrons. The van der Waals surface area contributed by atoms with Crippen molar-refractivity contribution in [3.05, 3.63) is 54.3 Å². The zero-order chi connectivity index (χ0) is 18.5. The van der Waals surface area contributed by atoms with E-state index in [9.17, 15) is 14.0 Å². The van der Waals surface area contributed by atoms with Crippen LogP contribution >= 0.6 is 0 Å². The molecule has 6 nitrogen and oxygen atoms in total. The van der Waals surface area contributed by atoms with Crippen LogP contribution in [0.15, 0.2) is 48.5 Å². The smallest absolute Gasteiger partial charge is 0.260 e. The molecule has 1 fully saturated rings. The molecule has 1 aliphatic rings. The highest BCUT2D eigenvalue weighted by molar-refractivity contribution is 5.96. The Kier molecular flexibility index (Phi) is 5.36. The molecular formula is C19H19FN2O4. The van der Waals surface area contributed by atoms with Gasteiger partial charge in [0, 0.05) is 13.1 Å². The van der Waals surface area contributed by atoms with Gasteiger partial charge in [-0.05, 0) is 24.3 Å². The van der Waals surface area contributed by atoms with Gasteiger partial charge in [-0.1, -0.05) is 24.3 Å². The molecule has 136 valence electrons. The number of nitrogens with one attached hydrogen (secondary N) is 1. The van der Waals surface area contributed by atoms with Gasteiger partial charge in [0.05, 0.1) is 18.7 Å². The molecule has 0 saturated carbocycles. The first kappa shape index (κ1) is 17.7. The van der Waals surface area contributed by atoms with Crippen molar-refractivity contribution in [3.63, 3.8) is 0 Å². The molecular weight excluding hydrogens is 339 g/mol. The predicted octanol–water partition coefficient (Wildman–Crippen LogP) is 2.31. The van der Waals surface area contributed by atoms with Crippen molar-refractivity contribution in [1.82, 2.24) is 4.90 Å². The highest BCUT2D eigenvalue weighted by atomic mass is 19.1. The van der Waals surface area contributed by atoms with Gasteiger partial charge in [-0.25, -0.2) is 4.39 Å². The monoisotopic (exact) mass is 358 g/mol. The topological polar surface area (TPSA) is 67.9 Å². The summed E-state index contributed by atoms with van der Waals surface area (Å²) in [7, 11) is 1.53. The fraction of sp³-hybridized carbons (Fsp3) is 0.263. The number of ether oxygens (including phenoxy) is 2. The van der Waals surface area contributed by atoms with Crippen LogP contribution in [0, 0.1) is 11.7 Å². The number of methoxy groups -OCH3 is 1. The average molecular weight is 358 g/mol. The maximum absolute atomic E-state index is 13.5. The second-order valence-corrected chi connectivity index (χ2v) is 5.90. The third-order valence-corrected chi connectivity index (χ3v) is 4.16. The van der Waals surface area contributed by atoms with Gasteiger partial charge in [0.15, 0.2) is 18.2 Å². The molecule has 0 aromatic heterocycles. The quantitative estimate of drug-likeness (QED) is 0.861. The second-order valence-electron chi connectivity index (χ2n) is 5.90. The number of rotatable bonds is 6. The maximum atomic E-state index is 13.5. The number of benzene rings is 2. The van der Waals surface area contributed by atoms with Crippen LogP contribution in [0.2, 0.25) is 0 Å².